The van der Waals surface area contributed by atoms with E-state index in [1.807, 2.05) is 0 Å². The molecule has 1 aromatic heterocycles. The molecule has 3 saturated heterocycles. The number of phenolic OH excluding ortho intramolecular Hbond substituents is 2. The highest BCUT2D eigenvalue weighted by Crippen LogP contribution is 2.53. The van der Waals surface area contributed by atoms with E-state index in [2.05, 4.69) is 20.9 Å². The summed E-state index contributed by atoms with van der Waals surface area (Å²) >= 11 is 0. The van der Waals surface area contributed by atoms with Gasteiger partial charge in [-0.05, 0) is 13.0 Å². The molecule has 19 N–H and O–H groups in total. The average Bonchev–Trinajstić information content (AvgIpc) is 0.957. The summed E-state index contributed by atoms with van der Waals surface area (Å²) < 4.78 is 40.0. The van der Waals surface area contributed by atoms with E-state index < -0.39 is 238 Å². The number of nitrogens with one attached hydrogen (secondary N) is 2. The molecule has 8 rings (SSSR count). The number of aromatic nitrogens is 3. The van der Waals surface area contributed by atoms with Gasteiger partial charge in [-0.1, -0.05) is 17.3 Å². The van der Waals surface area contributed by atoms with E-state index in [9.17, 15) is 111 Å². The molecule has 5 aliphatic rings. The Morgan fingerprint density at radius 3 is 2.23 bits per heavy atom. The number of aliphatic hydroxyl groups is 14. The average molecular weight is 1240 g/mol. The van der Waals surface area contributed by atoms with Gasteiger partial charge >= 0.3 is 5.97 Å². The summed E-state index contributed by atoms with van der Waals surface area (Å²) in [6, 6.07) is 1.53. The molecule has 482 valence electrons. The molecule has 21 unspecified atom stereocenters. The molecule has 0 bridgehead atoms. The van der Waals surface area contributed by atoms with Crippen LogP contribution in [0.15, 0.2) is 24.4 Å². The van der Waals surface area contributed by atoms with Gasteiger partial charge in [0, 0.05) is 61.9 Å². The number of aromatic hydroxyl groups is 2. The van der Waals surface area contributed by atoms with Gasteiger partial charge in [-0.2, -0.15) is 0 Å². The second kappa shape index (κ2) is 27.1. The van der Waals surface area contributed by atoms with Crippen LogP contribution in [0.5, 0.6) is 17.2 Å². The van der Waals surface area contributed by atoms with Crippen molar-refractivity contribution in [1.29, 1.82) is 0 Å². The highest BCUT2D eigenvalue weighted by molar-refractivity contribution is 6.31. The lowest BCUT2D eigenvalue weighted by Gasteiger charge is -2.47. The van der Waals surface area contributed by atoms with E-state index in [1.165, 1.54) is 38.4 Å². The summed E-state index contributed by atoms with van der Waals surface area (Å²) in [4.78, 5) is 65.8. The summed E-state index contributed by atoms with van der Waals surface area (Å²) in [6.45, 7) is -1.94. The maximum absolute atomic E-state index is 14.1. The van der Waals surface area contributed by atoms with E-state index in [0.717, 1.165) is 11.6 Å². The maximum atomic E-state index is 14.1. The number of benzene rings is 2. The summed E-state index contributed by atoms with van der Waals surface area (Å²) in [6.07, 6.45) is -32.1. The van der Waals surface area contributed by atoms with Gasteiger partial charge in [0.15, 0.2) is 24.1 Å². The second-order valence-electron chi connectivity index (χ2n) is 22.1. The van der Waals surface area contributed by atoms with Crippen LogP contribution in [0.2, 0.25) is 0 Å². The van der Waals surface area contributed by atoms with Crippen molar-refractivity contribution < 1.29 is 144 Å². The summed E-state index contributed by atoms with van der Waals surface area (Å²) in [7, 11) is 1.26. The van der Waals surface area contributed by atoms with Crippen molar-refractivity contribution >= 4 is 29.2 Å². The number of phenols is 2. The standard InChI is InChI=1S/C53H71N5O29/c1-18-38(66)23(7-32(84-18)85-29-10-52(80,31(65)14-59)8-22-34(29)46(74)36-35(40(22)68)39(67)21-5-4-6-28(81-3)33(21)45(36)73)54-11-25(62)41(69)42(70)27(64)16-82-15-20-12-58(57-56-20)13-26(63)43(71)49-37(55-19(2)60)24(61)9-53(87-49,51(78)79)83-17-30-44(72)47(75)48(76)50(77)86-30/h4-6,12,18,23-27,29-30,32,37-38,41-44,47-50,54,59,61-64,66,68-72,74-77,80H,7-11,13-17H2,1-3H3,(H,55,60)(H,78,79). The molecule has 3 aromatic rings. The van der Waals surface area contributed by atoms with Gasteiger partial charge in [0.2, 0.25) is 11.7 Å². The van der Waals surface area contributed by atoms with Crippen molar-refractivity contribution in [2.75, 3.05) is 33.5 Å². The number of amides is 1. The molecule has 0 saturated carbocycles. The smallest absolute Gasteiger partial charge is 0.364 e. The normalized spacial score (nSPS) is 32.8. The molecule has 4 heterocycles. The first kappa shape index (κ1) is 67.0. The van der Waals surface area contributed by atoms with Crippen LogP contribution in [0.3, 0.4) is 0 Å². The van der Waals surface area contributed by atoms with Crippen molar-refractivity contribution in [2.45, 2.75) is 180 Å². The third-order valence-electron chi connectivity index (χ3n) is 16.2. The molecule has 3 fully saturated rings. The highest BCUT2D eigenvalue weighted by atomic mass is 16.7. The largest absolute Gasteiger partial charge is 0.507 e. The minimum atomic E-state index is -2.87. The van der Waals surface area contributed by atoms with Crippen LogP contribution in [-0.2, 0) is 62.4 Å². The van der Waals surface area contributed by atoms with Crippen molar-refractivity contribution in [1.82, 2.24) is 25.6 Å². The van der Waals surface area contributed by atoms with E-state index in [4.69, 9.17) is 33.2 Å². The molecule has 2 aliphatic carbocycles. The van der Waals surface area contributed by atoms with Crippen LogP contribution in [0, 0.1) is 0 Å². The lowest BCUT2D eigenvalue weighted by atomic mass is 9.72. The zero-order chi connectivity index (χ0) is 63.9. The molecule has 0 radical (unpaired) electrons. The summed E-state index contributed by atoms with van der Waals surface area (Å²) in [5.41, 5.74) is -4.66. The molecule has 87 heavy (non-hydrogen) atoms. The van der Waals surface area contributed by atoms with E-state index in [-0.39, 0.29) is 40.1 Å². The van der Waals surface area contributed by atoms with Crippen molar-refractivity contribution in [3.05, 3.63) is 63.5 Å². The molecule has 0 spiro atoms. The summed E-state index contributed by atoms with van der Waals surface area (Å²) in [5.74, 6) is -10.1. The molecule has 21 atom stereocenters. The number of carboxylic acid groups (broad SMARTS) is 1. The Labute approximate surface area is 492 Å². The van der Waals surface area contributed by atoms with E-state index in [0.29, 0.717) is 0 Å². The quantitative estimate of drug-likeness (QED) is 0.0290. The molecular formula is C53H71N5O29. The van der Waals surface area contributed by atoms with Gasteiger partial charge < -0.3 is 131 Å². The van der Waals surface area contributed by atoms with Crippen LogP contribution < -0.4 is 15.4 Å². The number of hydrogen-bond acceptors (Lipinski definition) is 31. The number of carboxylic acids is 1. The Hall–Kier alpha value is -5.91. The Morgan fingerprint density at radius 1 is 0.874 bits per heavy atom. The molecule has 1 amide bonds. The molecule has 34 heteroatoms. The topological polar surface area (TPSA) is 549 Å². The zero-order valence-corrected chi connectivity index (χ0v) is 46.7. The van der Waals surface area contributed by atoms with Gasteiger partial charge in [-0.15, -0.1) is 5.10 Å². The second-order valence-corrected chi connectivity index (χ2v) is 22.1. The number of methoxy groups -OCH3 is 1. The molecule has 3 aliphatic heterocycles. The van der Waals surface area contributed by atoms with E-state index >= 15 is 0 Å². The van der Waals surface area contributed by atoms with Crippen molar-refractivity contribution in [3.8, 4) is 17.2 Å². The molecule has 34 nitrogen and oxygen atoms in total. The number of fused-ring (bicyclic) bond motifs is 3. The predicted molar refractivity (Wildman–Crippen MR) is 280 cm³/mol. The van der Waals surface area contributed by atoms with Gasteiger partial charge in [-0.3, -0.25) is 19.2 Å². The first-order valence-electron chi connectivity index (χ1n) is 27.4. The van der Waals surface area contributed by atoms with Crippen LogP contribution in [0.4, 0.5) is 0 Å². The maximum Gasteiger partial charge on any atom is 0.364 e. The molecule has 2 aromatic carbocycles. The lowest BCUT2D eigenvalue weighted by Crippen LogP contribution is -2.68. The van der Waals surface area contributed by atoms with E-state index in [1.54, 1.807) is 0 Å². The number of Topliss-reactive ketones (excluding diaryl/α,β-unsaturated/α-hetero) is 1. The number of rotatable bonds is 24. The van der Waals surface area contributed by atoms with Crippen LogP contribution >= 0.6 is 0 Å². The minimum absolute atomic E-state index is 0.00955. The number of carbonyl (C=O) groups excluding carboxylic acids is 4. The Morgan fingerprint density at radius 2 is 1.56 bits per heavy atom. The van der Waals surface area contributed by atoms with Crippen LogP contribution in [0.25, 0.3) is 0 Å². The number of hydrogen-bond donors (Lipinski definition) is 19. The Kier molecular flexibility index (Phi) is 20.8. The number of ether oxygens (including phenoxy) is 7. The van der Waals surface area contributed by atoms with Crippen LogP contribution in [0.1, 0.15) is 87.9 Å². The van der Waals surface area contributed by atoms with Gasteiger partial charge in [0.05, 0.1) is 92.9 Å². The van der Waals surface area contributed by atoms with Gasteiger partial charge in [-0.25, -0.2) is 9.48 Å². The first-order chi connectivity index (χ1) is 41.0. The fraction of sp³-hybridized carbons (Fsp3) is 0.642. The van der Waals surface area contributed by atoms with Crippen molar-refractivity contribution in [2.24, 2.45) is 0 Å². The number of ketones is 3. The Bertz CT molecular complexity index is 3010. The van der Waals surface area contributed by atoms with Crippen molar-refractivity contribution in [3.63, 3.8) is 0 Å². The molecular weight excluding hydrogens is 1170 g/mol. The number of aliphatic carboxylic acids is 1. The lowest BCUT2D eigenvalue weighted by molar-refractivity contribution is -0.334. The third-order valence-corrected chi connectivity index (χ3v) is 16.2. The number of carbonyl (C=O) groups is 5. The summed E-state index contributed by atoms with van der Waals surface area (Å²) in [5, 5.41) is 196. The SMILES string of the molecule is COc1cccc2c1C(=O)c1c(O)c3c(c(O)c1C2=O)CC(O)(C(=O)CO)CC3OC1CC(NCC(O)C(O)C(O)C(O)COCc2cn(CC(O)C(O)C3OC(OCC4OC(O)C(O)C(O)C4O)(C(=O)O)CC(O)C3NC(C)=O)nn2)C(O)C(C)O1. The third kappa shape index (κ3) is 13.5. The Balaban J connectivity index is 0.854. The fourth-order valence-electron chi connectivity index (χ4n) is 11.4. The number of nitrogens with zero attached hydrogens (tertiary/aromatic N) is 3. The van der Waals surface area contributed by atoms with Gasteiger partial charge in [0.25, 0.3) is 5.79 Å². The number of aliphatic hydroxyl groups excluding tert-OH is 13. The highest BCUT2D eigenvalue weighted by Gasteiger charge is 2.57. The monoisotopic (exact) mass is 1240 g/mol. The zero-order valence-electron chi connectivity index (χ0n) is 46.7. The minimum Gasteiger partial charge on any atom is -0.507 e. The first-order valence-corrected chi connectivity index (χ1v) is 27.4. The van der Waals surface area contributed by atoms with Gasteiger partial charge in [0.1, 0.15) is 96.2 Å². The predicted octanol–water partition coefficient (Wildman–Crippen LogP) is -8.14. The van der Waals surface area contributed by atoms with Crippen LogP contribution in [-0.4, -0.2) is 286 Å². The fourth-order valence-corrected chi connectivity index (χ4v) is 11.4.